The van der Waals surface area contributed by atoms with Crippen molar-refractivity contribution in [3.63, 3.8) is 0 Å². The Morgan fingerprint density at radius 2 is 1.81 bits per heavy atom. The van der Waals surface area contributed by atoms with Crippen molar-refractivity contribution in [1.82, 2.24) is 9.80 Å². The Morgan fingerprint density at radius 3 is 2.35 bits per heavy atom. The van der Waals surface area contributed by atoms with Gasteiger partial charge in [0.2, 0.25) is 17.7 Å². The van der Waals surface area contributed by atoms with Gasteiger partial charge in [-0.25, -0.2) is 0 Å². The van der Waals surface area contributed by atoms with Crippen LogP contribution in [-0.2, 0) is 14.4 Å². The van der Waals surface area contributed by atoms with Crippen molar-refractivity contribution in [2.24, 2.45) is 11.7 Å². The first-order valence-electron chi connectivity index (χ1n) is 8.92. The van der Waals surface area contributed by atoms with Crippen LogP contribution in [0.15, 0.2) is 24.3 Å². The minimum absolute atomic E-state index is 0.00516. The number of likely N-dealkylation sites (tertiary alicyclic amines) is 1. The predicted molar refractivity (Wildman–Crippen MR) is 100 cm³/mol. The molecular weight excluding hydrogens is 332 g/mol. The lowest BCUT2D eigenvalue weighted by molar-refractivity contribution is -0.138. The van der Waals surface area contributed by atoms with E-state index in [2.05, 4.69) is 5.32 Å². The maximum absolute atomic E-state index is 12.6. The van der Waals surface area contributed by atoms with Crippen molar-refractivity contribution in [3.05, 3.63) is 29.8 Å². The number of nitrogens with two attached hydrogens (primary N) is 1. The molecule has 0 bridgehead atoms. The number of primary amides is 1. The monoisotopic (exact) mass is 360 g/mol. The Labute approximate surface area is 154 Å². The first kappa shape index (κ1) is 19.9. The minimum atomic E-state index is -0.332. The number of hydrogen-bond acceptors (Lipinski definition) is 4. The maximum atomic E-state index is 12.6. The summed E-state index contributed by atoms with van der Waals surface area (Å²) in [6, 6.07) is 7.17. The highest BCUT2D eigenvalue weighted by Crippen LogP contribution is 2.19. The predicted octanol–water partition coefficient (Wildman–Crippen LogP) is 0.978. The van der Waals surface area contributed by atoms with E-state index in [4.69, 9.17) is 5.73 Å². The van der Waals surface area contributed by atoms with E-state index in [9.17, 15) is 14.4 Å². The van der Waals surface area contributed by atoms with Crippen molar-refractivity contribution in [2.75, 3.05) is 32.0 Å². The van der Waals surface area contributed by atoms with Gasteiger partial charge in [-0.3, -0.25) is 19.3 Å². The van der Waals surface area contributed by atoms with Crippen LogP contribution in [0.2, 0.25) is 0 Å². The number of aryl methyl sites for hydroxylation is 1. The number of benzene rings is 1. The summed E-state index contributed by atoms with van der Waals surface area (Å²) in [5.74, 6) is -0.717. The number of piperidine rings is 1. The molecule has 1 aromatic carbocycles. The van der Waals surface area contributed by atoms with Crippen molar-refractivity contribution in [3.8, 4) is 0 Å². The van der Waals surface area contributed by atoms with E-state index in [1.807, 2.05) is 43.0 Å². The number of nitrogens with one attached hydrogen (secondary N) is 1. The average molecular weight is 360 g/mol. The maximum Gasteiger partial charge on any atom is 0.243 e. The molecule has 0 aromatic heterocycles. The van der Waals surface area contributed by atoms with Crippen LogP contribution >= 0.6 is 0 Å². The molecule has 1 aromatic rings. The third-order valence-corrected chi connectivity index (χ3v) is 4.93. The highest BCUT2D eigenvalue weighted by atomic mass is 16.2. The van der Waals surface area contributed by atoms with E-state index in [-0.39, 0.29) is 36.2 Å². The number of carbonyl (C=O) groups excluding carboxylic acids is 3. The Kier molecular flexibility index (Phi) is 6.74. The normalized spacial score (nSPS) is 16.7. The second kappa shape index (κ2) is 8.80. The average Bonchev–Trinajstić information content (AvgIpc) is 2.62. The Hall–Kier alpha value is -2.41. The molecule has 1 fully saturated rings. The molecule has 1 heterocycles. The summed E-state index contributed by atoms with van der Waals surface area (Å²) in [7, 11) is 1.63. The number of nitrogens with zero attached hydrogens (tertiary/aromatic N) is 2. The lowest BCUT2D eigenvalue weighted by Gasteiger charge is -2.35. The van der Waals surface area contributed by atoms with Gasteiger partial charge in [-0.15, -0.1) is 0 Å². The molecule has 26 heavy (non-hydrogen) atoms. The lowest BCUT2D eigenvalue weighted by atomic mass is 9.95. The molecule has 0 spiro atoms. The van der Waals surface area contributed by atoms with E-state index in [1.165, 1.54) is 4.90 Å². The van der Waals surface area contributed by atoms with E-state index in [0.717, 1.165) is 5.56 Å². The quantitative estimate of drug-likeness (QED) is 0.790. The lowest BCUT2D eigenvalue weighted by Crippen LogP contribution is -2.50. The molecule has 0 radical (unpaired) electrons. The Bertz CT molecular complexity index is 651. The van der Waals surface area contributed by atoms with Crippen molar-refractivity contribution in [1.29, 1.82) is 0 Å². The number of anilines is 1. The molecule has 0 aliphatic carbocycles. The van der Waals surface area contributed by atoms with Crippen molar-refractivity contribution >= 4 is 23.4 Å². The van der Waals surface area contributed by atoms with Gasteiger partial charge in [-0.05, 0) is 51.9 Å². The van der Waals surface area contributed by atoms with E-state index in [0.29, 0.717) is 31.6 Å². The van der Waals surface area contributed by atoms with Crippen LogP contribution in [0, 0.1) is 12.8 Å². The first-order chi connectivity index (χ1) is 12.3. The fourth-order valence-corrected chi connectivity index (χ4v) is 3.18. The van der Waals surface area contributed by atoms with Gasteiger partial charge < -0.3 is 16.0 Å². The zero-order chi connectivity index (χ0) is 19.3. The molecule has 1 aliphatic rings. The fraction of sp³-hybridized carbons (Fsp3) is 0.526. The molecule has 1 atom stereocenters. The number of rotatable bonds is 6. The molecule has 3 amide bonds. The zero-order valence-electron chi connectivity index (χ0n) is 15.7. The third kappa shape index (κ3) is 5.29. The van der Waals surface area contributed by atoms with Crippen LogP contribution in [-0.4, -0.2) is 60.2 Å². The van der Waals surface area contributed by atoms with Crippen LogP contribution in [0.25, 0.3) is 0 Å². The van der Waals surface area contributed by atoms with E-state index in [1.54, 1.807) is 7.05 Å². The third-order valence-electron chi connectivity index (χ3n) is 4.93. The summed E-state index contributed by atoms with van der Waals surface area (Å²) >= 11 is 0. The fourth-order valence-electron chi connectivity index (χ4n) is 3.18. The van der Waals surface area contributed by atoms with Crippen LogP contribution < -0.4 is 11.1 Å². The summed E-state index contributed by atoms with van der Waals surface area (Å²) in [6.07, 6.45) is 1.34. The smallest absolute Gasteiger partial charge is 0.243 e. The summed E-state index contributed by atoms with van der Waals surface area (Å²) in [5, 5.41) is 2.79. The Morgan fingerprint density at radius 1 is 1.23 bits per heavy atom. The number of hydrogen-bond donors (Lipinski definition) is 2. The minimum Gasteiger partial charge on any atom is -0.369 e. The molecular formula is C19H28N4O3. The molecule has 2 rings (SSSR count). The Balaban J connectivity index is 1.83. The standard InChI is InChI=1S/C19H28N4O3/c1-13-4-6-16(7-5-13)21-17(24)12-22(3)19(26)14(2)23-10-8-15(9-11-23)18(20)25/h4-7,14-15H,8-12H2,1-3H3,(H2,20,25)(H,21,24)/t14-/m1/s1. The van der Waals surface area contributed by atoms with Crippen molar-refractivity contribution in [2.45, 2.75) is 32.7 Å². The molecule has 142 valence electrons. The van der Waals surface area contributed by atoms with Crippen LogP contribution in [0.3, 0.4) is 0 Å². The molecule has 0 unspecified atom stereocenters. The topological polar surface area (TPSA) is 95.7 Å². The largest absolute Gasteiger partial charge is 0.369 e. The zero-order valence-corrected chi connectivity index (χ0v) is 15.7. The summed E-state index contributed by atoms with van der Waals surface area (Å²) in [5.41, 5.74) is 7.17. The summed E-state index contributed by atoms with van der Waals surface area (Å²) < 4.78 is 0. The van der Waals surface area contributed by atoms with Crippen LogP contribution in [0.4, 0.5) is 5.69 Å². The van der Waals surface area contributed by atoms with Gasteiger partial charge in [0, 0.05) is 18.7 Å². The number of likely N-dealkylation sites (N-methyl/N-ethyl adjacent to an activating group) is 1. The number of carbonyl (C=O) groups is 3. The molecule has 3 N–H and O–H groups in total. The second-order valence-electron chi connectivity index (χ2n) is 7.00. The molecule has 7 nitrogen and oxygen atoms in total. The molecule has 7 heteroatoms. The van der Waals surface area contributed by atoms with E-state index >= 15 is 0 Å². The highest BCUT2D eigenvalue weighted by Gasteiger charge is 2.30. The van der Waals surface area contributed by atoms with Gasteiger partial charge in [0.15, 0.2) is 0 Å². The molecule has 1 aliphatic heterocycles. The van der Waals surface area contributed by atoms with Crippen LogP contribution in [0.5, 0.6) is 0 Å². The van der Waals surface area contributed by atoms with Crippen molar-refractivity contribution < 1.29 is 14.4 Å². The second-order valence-corrected chi connectivity index (χ2v) is 7.00. The summed E-state index contributed by atoms with van der Waals surface area (Å²) in [6.45, 7) is 5.12. The first-order valence-corrected chi connectivity index (χ1v) is 8.92. The van der Waals surface area contributed by atoms with Gasteiger partial charge in [0.05, 0.1) is 12.6 Å². The van der Waals surface area contributed by atoms with Gasteiger partial charge in [0.25, 0.3) is 0 Å². The van der Waals surface area contributed by atoms with E-state index < -0.39 is 0 Å². The SMILES string of the molecule is Cc1ccc(NC(=O)CN(C)C(=O)[C@@H](C)N2CCC(C(N)=O)CC2)cc1. The number of amides is 3. The van der Waals surface area contributed by atoms with Gasteiger partial charge in [0.1, 0.15) is 0 Å². The van der Waals surface area contributed by atoms with Gasteiger partial charge >= 0.3 is 0 Å². The van der Waals surface area contributed by atoms with Gasteiger partial charge in [-0.1, -0.05) is 17.7 Å². The highest BCUT2D eigenvalue weighted by molar-refractivity contribution is 5.95. The summed E-state index contributed by atoms with van der Waals surface area (Å²) in [4.78, 5) is 39.5. The van der Waals surface area contributed by atoms with Crippen LogP contribution in [0.1, 0.15) is 25.3 Å². The molecule has 1 saturated heterocycles. The van der Waals surface area contributed by atoms with Gasteiger partial charge in [-0.2, -0.15) is 0 Å². The molecule has 0 saturated carbocycles.